The van der Waals surface area contributed by atoms with Crippen LogP contribution in [0.3, 0.4) is 0 Å². The number of halogens is 1. The van der Waals surface area contributed by atoms with E-state index in [1.807, 2.05) is 6.08 Å². The fourth-order valence-corrected chi connectivity index (χ4v) is 1.94. The molecule has 0 spiro atoms. The van der Waals surface area contributed by atoms with E-state index in [9.17, 15) is 0 Å². The van der Waals surface area contributed by atoms with Crippen LogP contribution in [0.4, 0.5) is 0 Å². The van der Waals surface area contributed by atoms with Gasteiger partial charge in [-0.15, -0.1) is 11.6 Å². The topological polar surface area (TPSA) is 20.2 Å². The Morgan fingerprint density at radius 1 is 1.73 bits per heavy atom. The summed E-state index contributed by atoms with van der Waals surface area (Å²) in [6, 6.07) is 0. The van der Waals surface area contributed by atoms with Crippen LogP contribution in [0.1, 0.15) is 32.6 Å². The van der Waals surface area contributed by atoms with E-state index < -0.39 is 0 Å². The van der Waals surface area contributed by atoms with Crippen LogP contribution < -0.4 is 0 Å². The molecular weight excluding hydrogens is 160 g/mol. The molecule has 0 bridgehead atoms. The molecule has 0 saturated heterocycles. The standard InChI is InChI=1S/C9H15ClO/c1-2-3-7-4-5-8(11)6-9(7)10/h5,7,9,11H,2-4,6H2,1H3. The Morgan fingerprint density at radius 2 is 2.45 bits per heavy atom. The number of hydrogen-bond donors (Lipinski definition) is 1. The summed E-state index contributed by atoms with van der Waals surface area (Å²) in [7, 11) is 0. The number of allylic oxidation sites excluding steroid dienone is 2. The highest BCUT2D eigenvalue weighted by Gasteiger charge is 2.22. The summed E-state index contributed by atoms with van der Waals surface area (Å²) in [4.78, 5) is 0. The molecule has 0 aromatic carbocycles. The van der Waals surface area contributed by atoms with Crippen LogP contribution in [-0.4, -0.2) is 10.5 Å². The van der Waals surface area contributed by atoms with Gasteiger partial charge in [-0.3, -0.25) is 0 Å². The van der Waals surface area contributed by atoms with Crippen LogP contribution in [0.5, 0.6) is 0 Å². The van der Waals surface area contributed by atoms with Crippen molar-refractivity contribution in [3.63, 3.8) is 0 Å². The monoisotopic (exact) mass is 174 g/mol. The zero-order chi connectivity index (χ0) is 8.27. The third-order valence-electron chi connectivity index (χ3n) is 2.23. The molecule has 64 valence electrons. The minimum Gasteiger partial charge on any atom is -0.513 e. The van der Waals surface area contributed by atoms with Gasteiger partial charge in [0.1, 0.15) is 0 Å². The van der Waals surface area contributed by atoms with Gasteiger partial charge in [0.25, 0.3) is 0 Å². The molecule has 0 fully saturated rings. The van der Waals surface area contributed by atoms with E-state index in [0.29, 0.717) is 18.1 Å². The van der Waals surface area contributed by atoms with Crippen molar-refractivity contribution < 1.29 is 5.11 Å². The Hall–Kier alpha value is -0.170. The second-order valence-electron chi connectivity index (χ2n) is 3.20. The van der Waals surface area contributed by atoms with Gasteiger partial charge < -0.3 is 5.11 Å². The first-order valence-corrected chi connectivity index (χ1v) is 4.69. The SMILES string of the molecule is CCCC1CC=C(O)CC1Cl. The van der Waals surface area contributed by atoms with Crippen molar-refractivity contribution in [2.24, 2.45) is 5.92 Å². The van der Waals surface area contributed by atoms with E-state index in [-0.39, 0.29) is 5.38 Å². The first-order valence-electron chi connectivity index (χ1n) is 4.26. The van der Waals surface area contributed by atoms with Gasteiger partial charge in [-0.2, -0.15) is 0 Å². The zero-order valence-corrected chi connectivity index (χ0v) is 7.64. The van der Waals surface area contributed by atoms with Crippen molar-refractivity contribution in [2.75, 3.05) is 0 Å². The average molecular weight is 175 g/mol. The third kappa shape index (κ3) is 2.41. The summed E-state index contributed by atoms with van der Waals surface area (Å²) in [6.45, 7) is 2.17. The Balaban J connectivity index is 2.44. The molecule has 0 aliphatic heterocycles. The Kier molecular flexibility index (Phi) is 3.25. The zero-order valence-electron chi connectivity index (χ0n) is 6.89. The van der Waals surface area contributed by atoms with Gasteiger partial charge >= 0.3 is 0 Å². The smallest absolute Gasteiger partial charge is 0.0897 e. The third-order valence-corrected chi connectivity index (χ3v) is 2.74. The largest absolute Gasteiger partial charge is 0.513 e. The Bertz CT molecular complexity index is 154. The van der Waals surface area contributed by atoms with Crippen LogP contribution in [-0.2, 0) is 0 Å². The second-order valence-corrected chi connectivity index (χ2v) is 3.76. The van der Waals surface area contributed by atoms with E-state index in [4.69, 9.17) is 16.7 Å². The molecule has 1 rings (SSSR count). The number of aliphatic hydroxyl groups is 1. The molecule has 0 saturated carbocycles. The maximum absolute atomic E-state index is 9.14. The van der Waals surface area contributed by atoms with Gasteiger partial charge in [-0.05, 0) is 24.8 Å². The van der Waals surface area contributed by atoms with Gasteiger partial charge in [0.05, 0.1) is 5.76 Å². The predicted molar refractivity (Wildman–Crippen MR) is 48.0 cm³/mol. The van der Waals surface area contributed by atoms with Crippen molar-refractivity contribution >= 4 is 11.6 Å². The number of alkyl halides is 1. The highest BCUT2D eigenvalue weighted by molar-refractivity contribution is 6.21. The number of rotatable bonds is 2. The number of hydrogen-bond acceptors (Lipinski definition) is 1. The van der Waals surface area contributed by atoms with Gasteiger partial charge in [0.15, 0.2) is 0 Å². The predicted octanol–water partition coefficient (Wildman–Crippen LogP) is 3.25. The molecule has 0 aromatic rings. The molecule has 2 heteroatoms. The Morgan fingerprint density at radius 3 is 3.00 bits per heavy atom. The lowest BCUT2D eigenvalue weighted by atomic mass is 9.89. The summed E-state index contributed by atoms with van der Waals surface area (Å²) >= 11 is 6.06. The van der Waals surface area contributed by atoms with Gasteiger partial charge in [-0.25, -0.2) is 0 Å². The fourth-order valence-electron chi connectivity index (χ4n) is 1.55. The van der Waals surface area contributed by atoms with Gasteiger partial charge in [-0.1, -0.05) is 13.3 Å². The Labute approximate surface area is 73.1 Å². The second kappa shape index (κ2) is 4.01. The summed E-state index contributed by atoms with van der Waals surface area (Å²) < 4.78 is 0. The summed E-state index contributed by atoms with van der Waals surface area (Å²) in [5.74, 6) is 1.05. The first kappa shape index (κ1) is 8.92. The summed E-state index contributed by atoms with van der Waals surface area (Å²) in [5.41, 5.74) is 0. The van der Waals surface area contributed by atoms with Gasteiger partial charge in [0, 0.05) is 11.8 Å². The fraction of sp³-hybridized carbons (Fsp3) is 0.778. The quantitative estimate of drug-likeness (QED) is 0.638. The molecule has 2 unspecified atom stereocenters. The molecule has 1 nitrogen and oxygen atoms in total. The van der Waals surface area contributed by atoms with E-state index in [1.165, 1.54) is 12.8 Å². The molecule has 1 aliphatic rings. The lowest BCUT2D eigenvalue weighted by Crippen LogP contribution is -2.18. The summed E-state index contributed by atoms with van der Waals surface area (Å²) in [6.07, 6.45) is 5.87. The van der Waals surface area contributed by atoms with Crippen LogP contribution in [0.15, 0.2) is 11.8 Å². The van der Waals surface area contributed by atoms with Crippen molar-refractivity contribution in [1.29, 1.82) is 0 Å². The van der Waals surface area contributed by atoms with Crippen molar-refractivity contribution in [1.82, 2.24) is 0 Å². The van der Waals surface area contributed by atoms with Crippen LogP contribution in [0, 0.1) is 5.92 Å². The molecule has 2 atom stereocenters. The highest BCUT2D eigenvalue weighted by Crippen LogP contribution is 2.30. The van der Waals surface area contributed by atoms with Crippen LogP contribution in [0.25, 0.3) is 0 Å². The molecule has 0 radical (unpaired) electrons. The average Bonchev–Trinajstić information content (AvgIpc) is 1.95. The van der Waals surface area contributed by atoms with Gasteiger partial charge in [0.2, 0.25) is 0 Å². The number of aliphatic hydroxyl groups excluding tert-OH is 1. The van der Waals surface area contributed by atoms with Crippen molar-refractivity contribution in [2.45, 2.75) is 38.0 Å². The van der Waals surface area contributed by atoms with E-state index in [0.717, 1.165) is 6.42 Å². The van der Waals surface area contributed by atoms with E-state index in [1.54, 1.807) is 0 Å². The maximum Gasteiger partial charge on any atom is 0.0897 e. The molecule has 11 heavy (non-hydrogen) atoms. The molecule has 1 aliphatic carbocycles. The van der Waals surface area contributed by atoms with E-state index >= 15 is 0 Å². The van der Waals surface area contributed by atoms with Crippen LogP contribution >= 0.6 is 11.6 Å². The molecule has 1 N–H and O–H groups in total. The minimum atomic E-state index is 0.153. The molecule has 0 aromatic heterocycles. The van der Waals surface area contributed by atoms with Crippen molar-refractivity contribution in [3.8, 4) is 0 Å². The van der Waals surface area contributed by atoms with Crippen molar-refractivity contribution in [3.05, 3.63) is 11.8 Å². The molecule has 0 amide bonds. The maximum atomic E-state index is 9.14. The first-order chi connectivity index (χ1) is 5.24. The van der Waals surface area contributed by atoms with Crippen LogP contribution in [0.2, 0.25) is 0 Å². The lowest BCUT2D eigenvalue weighted by molar-refractivity contribution is 0.331. The molecular formula is C9H15ClO. The lowest BCUT2D eigenvalue weighted by Gasteiger charge is -2.24. The van der Waals surface area contributed by atoms with E-state index in [2.05, 4.69) is 6.92 Å². The minimum absolute atomic E-state index is 0.153. The highest BCUT2D eigenvalue weighted by atomic mass is 35.5. The molecule has 0 heterocycles. The normalized spacial score (nSPS) is 31.6. The summed E-state index contributed by atoms with van der Waals surface area (Å²) in [5, 5.41) is 9.29.